The number of benzene rings is 1. The monoisotopic (exact) mass is 1280 g/mol. The lowest BCUT2D eigenvalue weighted by Gasteiger charge is -2.29. The Balaban J connectivity index is 2.35. The largest absolute Gasteiger partial charge is 0.391 e. The summed E-state index contributed by atoms with van der Waals surface area (Å²) in [4.78, 5) is 179. The highest BCUT2D eigenvalue weighted by atomic mass is 32.2. The van der Waals surface area contributed by atoms with E-state index in [4.69, 9.17) is 22.9 Å². The highest BCUT2D eigenvalue weighted by Gasteiger charge is 2.40. The number of aliphatic hydroxyl groups is 2. The molecule has 20 N–H and O–H groups in total. The molecule has 33 heteroatoms. The lowest BCUT2D eigenvalue weighted by atomic mass is 9.97. The van der Waals surface area contributed by atoms with Gasteiger partial charge in [-0.05, 0) is 94.8 Å². The van der Waals surface area contributed by atoms with Crippen molar-refractivity contribution in [2.24, 2.45) is 33.8 Å². The van der Waals surface area contributed by atoms with E-state index in [1.807, 2.05) is 0 Å². The molecule has 13 atom stereocenters. The number of nitrogens with two attached hydrogens (primary N) is 4. The standard InChI is InChI=1S/C55H90N16O15S2/c1-9-28(2)42(51(83)65-36(20-24-88-8)48(80)69-44(31(5)73)53(85)70-43(30(4)72)52(84)66-37(45(57)77)26-40(56)75)68-41(76)27-61-46(78)35(19-23-87-7)64-47(79)34(17-13-21-60-55(58)59)63-49(81)38(25-33-15-11-10-12-16-33)67-50(82)39-18-14-22-71(39)54(86)29(3)62-32(6)74/h10-12,15-16,28-31,34-39,42-44,72-73H,9,13-14,17-27H2,1-8H3,(H2,56,75)(H2,57,77)(H,61,78)(H,62,74)(H,63,81)(H,64,79)(H,65,83)(H,66,84)(H,67,82)(H,68,76)(H,69,80)(H,70,85)(H4,58,59,60)/t28-,29-,30+,31+,34-,35-,36-,37-,38-,39-,42-,43-,44-/m0/s1. The average Bonchev–Trinajstić information content (AvgIpc) is 3.25. The molecule has 0 radical (unpaired) electrons. The summed E-state index contributed by atoms with van der Waals surface area (Å²) in [5.41, 5.74) is 22.1. The minimum atomic E-state index is -1.81. The number of likely N-dealkylation sites (tertiary alicyclic amines) is 1. The third-order valence-corrected chi connectivity index (χ3v) is 15.3. The van der Waals surface area contributed by atoms with Crippen LogP contribution in [0, 0.1) is 5.92 Å². The van der Waals surface area contributed by atoms with Crippen molar-refractivity contribution < 1.29 is 72.5 Å². The van der Waals surface area contributed by atoms with E-state index in [0.717, 1.165) is 13.8 Å². The summed E-state index contributed by atoms with van der Waals surface area (Å²) in [5, 5.41) is 46.1. The van der Waals surface area contributed by atoms with Gasteiger partial charge in [-0.25, -0.2) is 0 Å². The van der Waals surface area contributed by atoms with Gasteiger partial charge in [0.2, 0.25) is 76.8 Å². The van der Waals surface area contributed by atoms with E-state index in [1.165, 1.54) is 42.3 Å². The molecule has 88 heavy (non-hydrogen) atoms. The van der Waals surface area contributed by atoms with E-state index in [9.17, 15) is 72.5 Å². The first-order valence-corrected chi connectivity index (χ1v) is 31.5. The lowest BCUT2D eigenvalue weighted by molar-refractivity contribution is -0.141. The number of rotatable bonds is 39. The summed E-state index contributed by atoms with van der Waals surface area (Å²) >= 11 is 2.65. The molecule has 31 nitrogen and oxygen atoms in total. The van der Waals surface area contributed by atoms with Crippen molar-refractivity contribution in [3.05, 3.63) is 35.9 Å². The second-order valence-corrected chi connectivity index (χ2v) is 23.3. The van der Waals surface area contributed by atoms with Gasteiger partial charge >= 0.3 is 0 Å². The first kappa shape index (κ1) is 76.3. The summed E-state index contributed by atoms with van der Waals surface area (Å²) in [6.45, 7) is 7.97. The van der Waals surface area contributed by atoms with Crippen molar-refractivity contribution >= 4 is 106 Å². The Morgan fingerprint density at radius 2 is 1.12 bits per heavy atom. The molecule has 1 heterocycles. The van der Waals surface area contributed by atoms with Crippen LogP contribution in [-0.4, -0.2) is 214 Å². The topological polar surface area (TPSA) is 502 Å². The molecule has 13 amide bonds. The molecule has 0 aromatic heterocycles. The van der Waals surface area contributed by atoms with Gasteiger partial charge in [-0.15, -0.1) is 0 Å². The van der Waals surface area contributed by atoms with Gasteiger partial charge in [-0.3, -0.25) is 67.3 Å². The molecule has 1 fully saturated rings. The van der Waals surface area contributed by atoms with Gasteiger partial charge in [0.05, 0.1) is 25.2 Å². The summed E-state index contributed by atoms with van der Waals surface area (Å²) in [6.07, 6.45) is 0.667. The van der Waals surface area contributed by atoms with Crippen LogP contribution in [0.3, 0.4) is 0 Å². The van der Waals surface area contributed by atoms with E-state index in [2.05, 4.69) is 58.2 Å². The van der Waals surface area contributed by atoms with Crippen molar-refractivity contribution in [3.63, 3.8) is 0 Å². The SMILES string of the molecule is CC[C@H](C)[C@H](NC(=O)CNC(=O)[C@H](CCSC)NC(=O)[C@H](CCCN=C(N)N)NC(=O)[C@H](Cc1ccccc1)NC(=O)[C@@H]1CCCN1C(=O)[C@H](C)NC(C)=O)C(=O)N[C@@H](CCSC)C(=O)N[C@H](C(=O)N[C@H](C(=O)N[C@@H](CC(N)=O)C(N)=O)[C@@H](C)O)[C@@H](C)O. The molecule has 0 spiro atoms. The minimum absolute atomic E-state index is 0.0308. The average molecular weight is 1280 g/mol. The Kier molecular flexibility index (Phi) is 34.0. The number of aliphatic imine (C=N–C) groups is 1. The van der Waals surface area contributed by atoms with Crippen LogP contribution < -0.4 is 76.1 Å². The molecular formula is C55H90N16O15S2. The maximum Gasteiger partial charge on any atom is 0.245 e. The van der Waals surface area contributed by atoms with Crippen LogP contribution in [0.25, 0.3) is 0 Å². The fraction of sp³-hybridized carbons (Fsp3) is 0.636. The predicted molar refractivity (Wildman–Crippen MR) is 328 cm³/mol. The van der Waals surface area contributed by atoms with Crippen LogP contribution in [-0.2, 0) is 68.7 Å². The van der Waals surface area contributed by atoms with Gasteiger partial charge in [0.15, 0.2) is 5.96 Å². The number of amides is 13. The zero-order chi connectivity index (χ0) is 66.4. The summed E-state index contributed by atoms with van der Waals surface area (Å²) in [5.74, 6) is -11.3. The van der Waals surface area contributed by atoms with Gasteiger partial charge in [-0.1, -0.05) is 50.6 Å². The maximum absolute atomic E-state index is 14.4. The normalized spacial score (nSPS) is 16.8. The Bertz CT molecular complexity index is 2600. The van der Waals surface area contributed by atoms with Gasteiger partial charge in [0.1, 0.15) is 60.4 Å². The molecule has 1 aromatic carbocycles. The van der Waals surface area contributed by atoms with Gasteiger partial charge in [0.25, 0.3) is 0 Å². The number of hydrogen-bond donors (Lipinski definition) is 16. The number of nitrogens with zero attached hydrogens (tertiary/aromatic N) is 2. The number of carbonyl (C=O) groups excluding carboxylic acids is 13. The molecule has 1 aromatic rings. The Morgan fingerprint density at radius 3 is 1.65 bits per heavy atom. The molecule has 1 aliphatic heterocycles. The molecule has 492 valence electrons. The van der Waals surface area contributed by atoms with Crippen LogP contribution in [0.15, 0.2) is 35.3 Å². The first-order chi connectivity index (χ1) is 41.4. The van der Waals surface area contributed by atoms with E-state index < -0.39 is 168 Å². The number of aliphatic hydroxyl groups excluding tert-OH is 2. The molecular weight excluding hydrogens is 1190 g/mol. The summed E-state index contributed by atoms with van der Waals surface area (Å²) < 4.78 is 0. The third kappa shape index (κ3) is 26.7. The van der Waals surface area contributed by atoms with Crippen LogP contribution in [0.5, 0.6) is 0 Å². The number of thioether (sulfide) groups is 2. The third-order valence-electron chi connectivity index (χ3n) is 14.0. The fourth-order valence-corrected chi connectivity index (χ4v) is 9.99. The number of carbonyl (C=O) groups is 13. The zero-order valence-corrected chi connectivity index (χ0v) is 52.6. The smallest absolute Gasteiger partial charge is 0.245 e. The molecule has 0 unspecified atom stereocenters. The van der Waals surface area contributed by atoms with E-state index >= 15 is 0 Å². The number of hydrogen-bond acceptors (Lipinski definition) is 18. The van der Waals surface area contributed by atoms with Crippen LogP contribution >= 0.6 is 23.5 Å². The zero-order valence-electron chi connectivity index (χ0n) is 51.0. The number of primary amides is 2. The molecule has 0 bridgehead atoms. The molecule has 0 saturated carbocycles. The second kappa shape index (κ2) is 39.2. The Hall–Kier alpha value is -7.78. The number of nitrogens with one attached hydrogen (secondary N) is 10. The van der Waals surface area contributed by atoms with Crippen molar-refractivity contribution in [3.8, 4) is 0 Å². The quantitative estimate of drug-likeness (QED) is 0.0166. The molecule has 2 rings (SSSR count). The van der Waals surface area contributed by atoms with Crippen molar-refractivity contribution in [2.75, 3.05) is 43.7 Å². The highest BCUT2D eigenvalue weighted by Crippen LogP contribution is 2.20. The van der Waals surface area contributed by atoms with Crippen LogP contribution in [0.2, 0.25) is 0 Å². The first-order valence-electron chi connectivity index (χ1n) is 28.7. The van der Waals surface area contributed by atoms with E-state index in [-0.39, 0.29) is 63.3 Å². The summed E-state index contributed by atoms with van der Waals surface area (Å²) in [6, 6.07) is -5.01. The molecule has 1 saturated heterocycles. The van der Waals surface area contributed by atoms with E-state index in [0.29, 0.717) is 24.2 Å². The molecule has 1 aliphatic rings. The van der Waals surface area contributed by atoms with Gasteiger partial charge < -0.3 is 91.2 Å². The predicted octanol–water partition coefficient (Wildman–Crippen LogP) is -5.53. The van der Waals surface area contributed by atoms with Gasteiger partial charge in [-0.2, -0.15) is 23.5 Å². The highest BCUT2D eigenvalue weighted by molar-refractivity contribution is 7.98. The Morgan fingerprint density at radius 1 is 0.625 bits per heavy atom. The second-order valence-electron chi connectivity index (χ2n) is 21.3. The Labute approximate surface area is 520 Å². The fourth-order valence-electron chi connectivity index (χ4n) is 9.04. The van der Waals surface area contributed by atoms with Crippen molar-refractivity contribution in [1.29, 1.82) is 0 Å². The maximum atomic E-state index is 14.4. The number of guanidine groups is 1. The summed E-state index contributed by atoms with van der Waals surface area (Å²) in [7, 11) is 0. The van der Waals surface area contributed by atoms with Crippen molar-refractivity contribution in [2.45, 2.75) is 172 Å². The van der Waals surface area contributed by atoms with Crippen molar-refractivity contribution in [1.82, 2.24) is 58.1 Å². The lowest BCUT2D eigenvalue weighted by Crippen LogP contribution is -2.63. The minimum Gasteiger partial charge on any atom is -0.391 e. The van der Waals surface area contributed by atoms with Gasteiger partial charge in [0, 0.05) is 26.4 Å². The molecule has 0 aliphatic carbocycles. The van der Waals surface area contributed by atoms with Crippen LogP contribution in [0.4, 0.5) is 0 Å². The van der Waals surface area contributed by atoms with Crippen LogP contribution in [0.1, 0.15) is 98.5 Å². The van der Waals surface area contributed by atoms with E-state index in [1.54, 1.807) is 56.7 Å².